The van der Waals surface area contributed by atoms with E-state index in [0.717, 1.165) is 59.4 Å². The Morgan fingerprint density at radius 1 is 1.11 bits per heavy atom. The van der Waals surface area contributed by atoms with Gasteiger partial charge in [-0.2, -0.15) is 0 Å². The van der Waals surface area contributed by atoms with Gasteiger partial charge in [0.1, 0.15) is 9.88 Å². The van der Waals surface area contributed by atoms with Crippen molar-refractivity contribution >= 4 is 22.9 Å². The lowest BCUT2D eigenvalue weighted by Crippen LogP contribution is -2.14. The molecule has 0 aliphatic heterocycles. The van der Waals surface area contributed by atoms with Gasteiger partial charge in [0.2, 0.25) is 0 Å². The molecule has 0 atom stereocenters. The first kappa shape index (κ1) is 14.5. The number of hydrogen-bond acceptors (Lipinski definition) is 7. The molecule has 1 N–H and O–H groups in total. The Labute approximate surface area is 121 Å². The van der Waals surface area contributed by atoms with Gasteiger partial charge in [-0.05, 0) is 37.5 Å². The fourth-order valence-electron chi connectivity index (χ4n) is 1.76. The Balaban J connectivity index is 1.98. The van der Waals surface area contributed by atoms with E-state index in [9.17, 15) is 0 Å². The fourth-order valence-corrected chi connectivity index (χ4v) is 3.43. The van der Waals surface area contributed by atoms with Crippen molar-refractivity contribution in [1.29, 1.82) is 0 Å². The van der Waals surface area contributed by atoms with Crippen LogP contribution in [0.3, 0.4) is 0 Å². The van der Waals surface area contributed by atoms with Crippen LogP contribution in [-0.4, -0.2) is 32.9 Å². The van der Waals surface area contributed by atoms with Crippen molar-refractivity contribution in [3.63, 3.8) is 0 Å². The first-order chi connectivity index (χ1) is 9.35. The second kappa shape index (κ2) is 7.62. The fraction of sp³-hybridized carbons (Fsp3) is 0.667. The molecule has 2 aromatic heterocycles. The quantitative estimate of drug-likeness (QED) is 0.759. The zero-order valence-electron chi connectivity index (χ0n) is 11.3. The SMILES string of the molecule is CCCc1nnsc1-c1nnc(CCCNCC)s1. The number of rotatable bonds is 8. The first-order valence-electron chi connectivity index (χ1n) is 6.69. The first-order valence-corrected chi connectivity index (χ1v) is 8.28. The number of hydrogen-bond donors (Lipinski definition) is 1. The third-order valence-electron chi connectivity index (χ3n) is 2.70. The summed E-state index contributed by atoms with van der Waals surface area (Å²) in [6.45, 7) is 6.33. The van der Waals surface area contributed by atoms with Gasteiger partial charge in [0, 0.05) is 6.42 Å². The second-order valence-corrected chi connectivity index (χ2v) is 6.07. The summed E-state index contributed by atoms with van der Waals surface area (Å²) in [7, 11) is 0. The number of nitrogens with one attached hydrogen (secondary N) is 1. The van der Waals surface area contributed by atoms with Crippen LogP contribution in [0.2, 0.25) is 0 Å². The molecule has 0 unspecified atom stereocenters. The minimum Gasteiger partial charge on any atom is -0.317 e. The standard InChI is InChI=1S/C12H19N5S2/c1-3-6-9-11(19-17-14-9)12-16-15-10(18-12)7-5-8-13-4-2/h13H,3-8H2,1-2H3. The van der Waals surface area contributed by atoms with Crippen LogP contribution in [0.1, 0.15) is 37.4 Å². The predicted octanol–water partition coefficient (Wildman–Crippen LogP) is 2.55. The van der Waals surface area contributed by atoms with Gasteiger partial charge < -0.3 is 5.32 Å². The van der Waals surface area contributed by atoms with E-state index in [-0.39, 0.29) is 0 Å². The van der Waals surface area contributed by atoms with Crippen molar-refractivity contribution in [3.05, 3.63) is 10.7 Å². The molecular weight excluding hydrogens is 278 g/mol. The van der Waals surface area contributed by atoms with Gasteiger partial charge >= 0.3 is 0 Å². The van der Waals surface area contributed by atoms with Crippen LogP contribution < -0.4 is 5.32 Å². The molecule has 2 heterocycles. The molecule has 0 spiro atoms. The van der Waals surface area contributed by atoms with Gasteiger partial charge in [-0.15, -0.1) is 15.3 Å². The van der Waals surface area contributed by atoms with E-state index in [2.05, 4.69) is 38.9 Å². The van der Waals surface area contributed by atoms with E-state index in [4.69, 9.17) is 0 Å². The number of aryl methyl sites for hydroxylation is 2. The van der Waals surface area contributed by atoms with E-state index < -0.39 is 0 Å². The highest BCUT2D eigenvalue weighted by Gasteiger charge is 2.14. The smallest absolute Gasteiger partial charge is 0.161 e. The van der Waals surface area contributed by atoms with Gasteiger partial charge in [0.25, 0.3) is 0 Å². The monoisotopic (exact) mass is 297 g/mol. The highest BCUT2D eigenvalue weighted by atomic mass is 32.1. The van der Waals surface area contributed by atoms with Crippen molar-refractivity contribution in [2.45, 2.75) is 39.5 Å². The largest absolute Gasteiger partial charge is 0.317 e. The molecule has 7 heteroatoms. The highest BCUT2D eigenvalue weighted by Crippen LogP contribution is 2.29. The maximum atomic E-state index is 4.28. The van der Waals surface area contributed by atoms with Gasteiger partial charge in [-0.1, -0.05) is 36.1 Å². The lowest BCUT2D eigenvalue weighted by molar-refractivity contribution is 0.669. The summed E-state index contributed by atoms with van der Waals surface area (Å²) < 4.78 is 4.03. The number of nitrogens with zero attached hydrogens (tertiary/aromatic N) is 4. The van der Waals surface area contributed by atoms with Crippen LogP contribution in [-0.2, 0) is 12.8 Å². The van der Waals surface area contributed by atoms with Crippen LogP contribution in [0.4, 0.5) is 0 Å². The molecule has 0 fully saturated rings. The van der Waals surface area contributed by atoms with Crippen molar-refractivity contribution in [2.75, 3.05) is 13.1 Å². The zero-order valence-corrected chi connectivity index (χ0v) is 13.0. The van der Waals surface area contributed by atoms with E-state index in [1.807, 2.05) is 0 Å². The summed E-state index contributed by atoms with van der Waals surface area (Å²) in [5, 5.41) is 18.1. The van der Waals surface area contributed by atoms with Crippen LogP contribution in [0.15, 0.2) is 0 Å². The zero-order chi connectivity index (χ0) is 13.5. The van der Waals surface area contributed by atoms with E-state index in [1.54, 1.807) is 11.3 Å². The van der Waals surface area contributed by atoms with Crippen molar-refractivity contribution < 1.29 is 0 Å². The van der Waals surface area contributed by atoms with Crippen LogP contribution in [0.25, 0.3) is 9.88 Å². The Kier molecular flexibility index (Phi) is 5.81. The lowest BCUT2D eigenvalue weighted by atomic mass is 10.2. The molecule has 2 rings (SSSR count). The third-order valence-corrected chi connectivity index (χ3v) is 4.60. The minimum absolute atomic E-state index is 0.959. The molecule has 0 aliphatic carbocycles. The molecule has 0 amide bonds. The average Bonchev–Trinajstić information content (AvgIpc) is 3.04. The summed E-state index contributed by atoms with van der Waals surface area (Å²) in [4.78, 5) is 1.09. The van der Waals surface area contributed by atoms with Crippen molar-refractivity contribution in [3.8, 4) is 9.88 Å². The topological polar surface area (TPSA) is 63.6 Å². The van der Waals surface area contributed by atoms with Crippen molar-refractivity contribution in [1.82, 2.24) is 25.1 Å². The van der Waals surface area contributed by atoms with Gasteiger partial charge in [0.05, 0.1) is 5.69 Å². The van der Waals surface area contributed by atoms with E-state index >= 15 is 0 Å². The molecule has 0 radical (unpaired) electrons. The Bertz CT molecular complexity index is 494. The summed E-state index contributed by atoms with van der Waals surface area (Å²) in [5.41, 5.74) is 1.06. The minimum atomic E-state index is 0.959. The summed E-state index contributed by atoms with van der Waals surface area (Å²) >= 11 is 3.09. The summed E-state index contributed by atoms with van der Waals surface area (Å²) in [6, 6.07) is 0. The summed E-state index contributed by atoms with van der Waals surface area (Å²) in [5.74, 6) is 0. The van der Waals surface area contributed by atoms with Crippen LogP contribution >= 0.6 is 22.9 Å². The second-order valence-electron chi connectivity index (χ2n) is 4.26. The van der Waals surface area contributed by atoms with E-state index in [1.165, 1.54) is 11.5 Å². The van der Waals surface area contributed by atoms with Crippen LogP contribution in [0, 0.1) is 0 Å². The molecule has 0 bridgehead atoms. The molecule has 2 aromatic rings. The molecule has 19 heavy (non-hydrogen) atoms. The summed E-state index contributed by atoms with van der Waals surface area (Å²) in [6.07, 6.45) is 4.12. The molecule has 0 aromatic carbocycles. The van der Waals surface area contributed by atoms with Crippen LogP contribution in [0.5, 0.6) is 0 Å². The molecule has 0 saturated heterocycles. The highest BCUT2D eigenvalue weighted by molar-refractivity contribution is 7.19. The van der Waals surface area contributed by atoms with Gasteiger partial charge in [-0.25, -0.2) is 0 Å². The lowest BCUT2D eigenvalue weighted by Gasteiger charge is -1.97. The third kappa shape index (κ3) is 4.02. The van der Waals surface area contributed by atoms with E-state index in [0.29, 0.717) is 0 Å². The maximum absolute atomic E-state index is 4.28. The predicted molar refractivity (Wildman–Crippen MR) is 79.7 cm³/mol. The molecule has 0 saturated carbocycles. The Hall–Kier alpha value is -0.920. The Morgan fingerprint density at radius 3 is 2.79 bits per heavy atom. The van der Waals surface area contributed by atoms with Gasteiger partial charge in [0.15, 0.2) is 5.01 Å². The Morgan fingerprint density at radius 2 is 2.00 bits per heavy atom. The molecular formula is C12H19N5S2. The molecule has 0 aliphatic rings. The molecule has 5 nitrogen and oxygen atoms in total. The van der Waals surface area contributed by atoms with Crippen molar-refractivity contribution in [2.24, 2.45) is 0 Å². The van der Waals surface area contributed by atoms with Gasteiger partial charge in [-0.3, -0.25) is 0 Å². The molecule has 104 valence electrons. The normalized spacial score (nSPS) is 11.1. The number of aromatic nitrogens is 4. The maximum Gasteiger partial charge on any atom is 0.161 e. The average molecular weight is 297 g/mol.